The van der Waals surface area contributed by atoms with E-state index in [1.807, 2.05) is 54.4 Å². The minimum Gasteiger partial charge on any atom is -0.490 e. The summed E-state index contributed by atoms with van der Waals surface area (Å²) in [6.07, 6.45) is 1.92. The Morgan fingerprint density at radius 3 is 2.90 bits per heavy atom. The molecule has 0 fully saturated rings. The van der Waals surface area contributed by atoms with E-state index in [4.69, 9.17) is 28.5 Å². The van der Waals surface area contributed by atoms with E-state index in [2.05, 4.69) is 6.07 Å². The molecule has 6 rings (SSSR count). The molecule has 7 heteroatoms. The molecular formula is C23H20N2O5. The third-order valence-electron chi connectivity index (χ3n) is 5.57. The van der Waals surface area contributed by atoms with Gasteiger partial charge in [0.05, 0.1) is 24.6 Å². The maximum absolute atomic E-state index is 6.39. The van der Waals surface area contributed by atoms with Gasteiger partial charge in [-0.2, -0.15) is 5.10 Å². The number of nitrogens with zero attached hydrogens (tertiary/aromatic N) is 2. The Kier molecular flexibility index (Phi) is 3.87. The first kappa shape index (κ1) is 17.3. The topological polar surface area (TPSA) is 65.7 Å². The van der Waals surface area contributed by atoms with Crippen LogP contribution in [0.2, 0.25) is 0 Å². The second-order valence-electron chi connectivity index (χ2n) is 7.31. The Morgan fingerprint density at radius 2 is 2.03 bits per heavy atom. The normalized spacial score (nSPS) is 21.0. The molecule has 0 amide bonds. The molecule has 152 valence electrons. The molecule has 7 nitrogen and oxygen atoms in total. The fourth-order valence-electron chi connectivity index (χ4n) is 4.22. The van der Waals surface area contributed by atoms with Gasteiger partial charge in [-0.3, -0.25) is 0 Å². The Balaban J connectivity index is 1.43. The number of hydrogen-bond acceptors (Lipinski definition) is 7. The summed E-state index contributed by atoms with van der Waals surface area (Å²) in [5, 5.41) is 6.93. The van der Waals surface area contributed by atoms with Crippen LogP contribution in [0, 0.1) is 0 Å². The zero-order chi connectivity index (χ0) is 20.1. The summed E-state index contributed by atoms with van der Waals surface area (Å²) in [7, 11) is 0. The van der Waals surface area contributed by atoms with Crippen molar-refractivity contribution >= 4 is 5.71 Å². The van der Waals surface area contributed by atoms with Crippen LogP contribution in [0.5, 0.6) is 23.0 Å². The fourth-order valence-corrected chi connectivity index (χ4v) is 4.22. The van der Waals surface area contributed by atoms with E-state index in [9.17, 15) is 0 Å². The summed E-state index contributed by atoms with van der Waals surface area (Å²) in [5.74, 6) is 3.70. The highest BCUT2D eigenvalue weighted by molar-refractivity contribution is 6.02. The van der Waals surface area contributed by atoms with Gasteiger partial charge < -0.3 is 23.4 Å². The van der Waals surface area contributed by atoms with Gasteiger partial charge in [-0.25, -0.2) is 5.01 Å². The molecule has 1 aromatic heterocycles. The molecule has 3 aromatic rings. The fraction of sp³-hybridized carbons (Fsp3) is 0.261. The smallest absolute Gasteiger partial charge is 0.246 e. The van der Waals surface area contributed by atoms with Crippen LogP contribution >= 0.6 is 0 Å². The maximum Gasteiger partial charge on any atom is 0.246 e. The van der Waals surface area contributed by atoms with Gasteiger partial charge in [0.2, 0.25) is 13.0 Å². The number of hydrogen-bond donors (Lipinski definition) is 0. The SMILES string of the molecule is CCOc1cccc2c1O[C@@H](c1ccco1)N1N=C(c3ccc4c(c3)OCO4)C[C@H]21. The molecule has 0 saturated carbocycles. The van der Waals surface area contributed by atoms with Crippen molar-refractivity contribution < 1.29 is 23.4 Å². The van der Waals surface area contributed by atoms with Crippen molar-refractivity contribution in [1.29, 1.82) is 0 Å². The number of hydrazone groups is 1. The lowest BCUT2D eigenvalue weighted by atomic mass is 9.96. The van der Waals surface area contributed by atoms with Gasteiger partial charge in [0, 0.05) is 17.5 Å². The first-order valence-electron chi connectivity index (χ1n) is 10.0. The lowest BCUT2D eigenvalue weighted by Gasteiger charge is -2.37. The van der Waals surface area contributed by atoms with Crippen LogP contribution in [-0.4, -0.2) is 24.1 Å². The van der Waals surface area contributed by atoms with Crippen molar-refractivity contribution in [2.75, 3.05) is 13.4 Å². The summed E-state index contributed by atoms with van der Waals surface area (Å²) in [4.78, 5) is 0. The van der Waals surface area contributed by atoms with Crippen LogP contribution in [0.25, 0.3) is 0 Å². The predicted octanol–water partition coefficient (Wildman–Crippen LogP) is 4.65. The van der Waals surface area contributed by atoms with E-state index in [1.54, 1.807) is 6.26 Å². The standard InChI is InChI=1S/C23H20N2O5/c1-2-26-19-6-3-5-15-17-12-16(14-8-9-18-21(11-14)29-13-28-18)24-25(17)23(30-22(15)19)20-7-4-10-27-20/h3-11,17,23H,2,12-13H2,1H3/t17-,23+/m1/s1. The monoisotopic (exact) mass is 404 g/mol. The van der Waals surface area contributed by atoms with Crippen molar-refractivity contribution in [2.45, 2.75) is 25.6 Å². The average molecular weight is 404 g/mol. The Bertz CT molecular complexity index is 1120. The van der Waals surface area contributed by atoms with Gasteiger partial charge in [0.1, 0.15) is 0 Å². The Morgan fingerprint density at radius 1 is 1.10 bits per heavy atom. The van der Waals surface area contributed by atoms with Crippen molar-refractivity contribution in [3.63, 3.8) is 0 Å². The first-order chi connectivity index (χ1) is 14.8. The highest BCUT2D eigenvalue weighted by atomic mass is 16.7. The zero-order valence-electron chi connectivity index (χ0n) is 16.4. The van der Waals surface area contributed by atoms with Gasteiger partial charge in [0.15, 0.2) is 28.8 Å². The number of fused-ring (bicyclic) bond motifs is 4. The van der Waals surface area contributed by atoms with Gasteiger partial charge in [-0.1, -0.05) is 12.1 Å². The molecule has 0 aliphatic carbocycles. The molecule has 2 atom stereocenters. The molecule has 3 aliphatic rings. The lowest BCUT2D eigenvalue weighted by Crippen LogP contribution is -2.33. The molecule has 0 radical (unpaired) electrons. The van der Waals surface area contributed by atoms with Crippen LogP contribution in [0.3, 0.4) is 0 Å². The van der Waals surface area contributed by atoms with Gasteiger partial charge in [0.25, 0.3) is 0 Å². The third-order valence-corrected chi connectivity index (χ3v) is 5.57. The number of ether oxygens (including phenoxy) is 4. The molecular weight excluding hydrogens is 384 g/mol. The van der Waals surface area contributed by atoms with Crippen molar-refractivity contribution in [3.8, 4) is 23.0 Å². The highest BCUT2D eigenvalue weighted by Gasteiger charge is 2.43. The van der Waals surface area contributed by atoms with Crippen molar-refractivity contribution in [2.24, 2.45) is 5.10 Å². The van der Waals surface area contributed by atoms with Gasteiger partial charge in [-0.15, -0.1) is 0 Å². The number of para-hydroxylation sites is 1. The minimum atomic E-state index is -0.467. The zero-order valence-corrected chi connectivity index (χ0v) is 16.4. The number of rotatable bonds is 4. The second kappa shape index (κ2) is 6.73. The quantitative estimate of drug-likeness (QED) is 0.631. The Hall–Kier alpha value is -3.61. The van der Waals surface area contributed by atoms with E-state index >= 15 is 0 Å². The first-order valence-corrected chi connectivity index (χ1v) is 10.0. The van der Waals surface area contributed by atoms with E-state index < -0.39 is 6.23 Å². The summed E-state index contributed by atoms with van der Waals surface area (Å²) >= 11 is 0. The van der Waals surface area contributed by atoms with Crippen LogP contribution in [0.1, 0.15) is 42.5 Å². The van der Waals surface area contributed by atoms with E-state index in [1.165, 1.54) is 0 Å². The summed E-state index contributed by atoms with van der Waals surface area (Å²) < 4.78 is 28.9. The van der Waals surface area contributed by atoms with Gasteiger partial charge >= 0.3 is 0 Å². The molecule has 0 spiro atoms. The molecule has 2 aromatic carbocycles. The average Bonchev–Trinajstić information content (AvgIpc) is 3.53. The van der Waals surface area contributed by atoms with Crippen molar-refractivity contribution in [1.82, 2.24) is 5.01 Å². The van der Waals surface area contributed by atoms with Crippen molar-refractivity contribution in [3.05, 3.63) is 71.7 Å². The number of furan rings is 1. The molecule has 0 N–H and O–H groups in total. The predicted molar refractivity (Wildman–Crippen MR) is 108 cm³/mol. The molecule has 4 heterocycles. The molecule has 0 unspecified atom stereocenters. The number of benzene rings is 2. The highest BCUT2D eigenvalue weighted by Crippen LogP contribution is 2.51. The van der Waals surface area contributed by atoms with Crippen LogP contribution in [0.4, 0.5) is 0 Å². The van der Waals surface area contributed by atoms with Gasteiger partial charge in [-0.05, 0) is 43.3 Å². The summed E-state index contributed by atoms with van der Waals surface area (Å²) in [6.45, 7) is 2.79. The summed E-state index contributed by atoms with van der Waals surface area (Å²) in [5.41, 5.74) is 3.03. The van der Waals surface area contributed by atoms with Crippen LogP contribution in [0.15, 0.2) is 64.3 Å². The molecule has 30 heavy (non-hydrogen) atoms. The maximum atomic E-state index is 6.39. The largest absolute Gasteiger partial charge is 0.490 e. The van der Waals surface area contributed by atoms with Crippen LogP contribution < -0.4 is 18.9 Å². The molecule has 3 aliphatic heterocycles. The summed E-state index contributed by atoms with van der Waals surface area (Å²) in [6, 6.07) is 15.7. The third kappa shape index (κ3) is 2.62. The molecule has 0 bridgehead atoms. The van der Waals surface area contributed by atoms with E-state index in [0.29, 0.717) is 12.4 Å². The van der Waals surface area contributed by atoms with E-state index in [-0.39, 0.29) is 12.8 Å². The second-order valence-corrected chi connectivity index (χ2v) is 7.31. The van der Waals surface area contributed by atoms with E-state index in [0.717, 1.165) is 46.3 Å². The minimum absolute atomic E-state index is 0.0182. The van der Waals surface area contributed by atoms with Crippen LogP contribution in [-0.2, 0) is 0 Å². The molecule has 0 saturated heterocycles. The lowest BCUT2D eigenvalue weighted by molar-refractivity contribution is -0.0344. The Labute approximate surface area is 173 Å².